The fourth-order valence-electron chi connectivity index (χ4n) is 2.90. The molecule has 1 heterocycles. The molecule has 1 aromatic rings. The van der Waals surface area contributed by atoms with Gasteiger partial charge in [0.15, 0.2) is 0 Å². The van der Waals surface area contributed by atoms with Gasteiger partial charge in [0, 0.05) is 5.41 Å². The number of hydrogen-bond acceptors (Lipinski definition) is 1. The molecule has 1 aromatic heterocycles. The lowest BCUT2D eigenvalue weighted by Gasteiger charge is -2.29. The van der Waals surface area contributed by atoms with E-state index in [0.29, 0.717) is 0 Å². The molecule has 116 valence electrons. The van der Waals surface area contributed by atoms with Gasteiger partial charge in [-0.05, 0) is 12.8 Å². The van der Waals surface area contributed by atoms with E-state index in [9.17, 15) is 8.78 Å². The third-order valence-corrected chi connectivity index (χ3v) is 4.20. The van der Waals surface area contributed by atoms with Crippen LogP contribution < -0.4 is 0 Å². The molecule has 0 saturated carbocycles. The zero-order chi connectivity index (χ0) is 15.0. The number of aromatic amines is 1. The molecule has 0 spiro atoms. The maximum atomic E-state index is 13.8. The number of halogens is 2. The lowest BCUT2D eigenvalue weighted by atomic mass is 9.75. The number of aromatic nitrogens is 2. The number of rotatable bonds is 10. The van der Waals surface area contributed by atoms with E-state index in [1.54, 1.807) is 0 Å². The molecule has 0 aliphatic heterocycles. The normalized spacial score (nSPS) is 14.4. The topological polar surface area (TPSA) is 28.7 Å². The number of hydrogen-bond donors (Lipinski definition) is 1. The predicted octanol–water partition coefficient (Wildman–Crippen LogP) is 5.50. The van der Waals surface area contributed by atoms with Crippen molar-refractivity contribution in [2.24, 2.45) is 0 Å². The van der Waals surface area contributed by atoms with Gasteiger partial charge in [0.25, 0.3) is 0 Å². The molecular formula is C16H28F2N2. The predicted molar refractivity (Wildman–Crippen MR) is 78.8 cm³/mol. The van der Waals surface area contributed by atoms with Crippen LogP contribution in [0.5, 0.6) is 0 Å². The van der Waals surface area contributed by atoms with Crippen molar-refractivity contribution < 1.29 is 8.78 Å². The van der Waals surface area contributed by atoms with Crippen molar-refractivity contribution in [1.29, 1.82) is 0 Å². The molecule has 0 radical (unpaired) electrons. The van der Waals surface area contributed by atoms with Crippen molar-refractivity contribution >= 4 is 0 Å². The fraction of sp³-hybridized carbons (Fsp3) is 0.812. The van der Waals surface area contributed by atoms with Crippen molar-refractivity contribution in [2.45, 2.75) is 84.0 Å². The summed E-state index contributed by atoms with van der Waals surface area (Å²) in [6.07, 6.45) is 9.35. The van der Waals surface area contributed by atoms with Crippen LogP contribution >= 0.6 is 0 Å². The van der Waals surface area contributed by atoms with E-state index >= 15 is 0 Å². The lowest BCUT2D eigenvalue weighted by Crippen LogP contribution is -2.24. The van der Waals surface area contributed by atoms with Crippen LogP contribution in [-0.4, -0.2) is 10.2 Å². The zero-order valence-corrected chi connectivity index (χ0v) is 13.1. The first kappa shape index (κ1) is 17.1. The first-order chi connectivity index (χ1) is 9.55. The largest absolute Gasteiger partial charge is 0.250 e. The summed E-state index contributed by atoms with van der Waals surface area (Å²) in [4.78, 5) is 0. The van der Waals surface area contributed by atoms with Crippen molar-refractivity contribution in [1.82, 2.24) is 10.2 Å². The Kier molecular flexibility index (Phi) is 7.17. The van der Waals surface area contributed by atoms with Gasteiger partial charge in [0.2, 0.25) is 11.9 Å². The summed E-state index contributed by atoms with van der Waals surface area (Å²) in [6, 6.07) is 0. The summed E-state index contributed by atoms with van der Waals surface area (Å²) in [5.74, 6) is -1.27. The van der Waals surface area contributed by atoms with Gasteiger partial charge in [-0.2, -0.15) is 8.78 Å². The summed E-state index contributed by atoms with van der Waals surface area (Å²) < 4.78 is 27.6. The third kappa shape index (κ3) is 4.57. The van der Waals surface area contributed by atoms with E-state index in [2.05, 4.69) is 24.0 Å². The van der Waals surface area contributed by atoms with Crippen LogP contribution in [0.1, 0.15) is 84.1 Å². The first-order valence-corrected chi connectivity index (χ1v) is 7.95. The van der Waals surface area contributed by atoms with Crippen molar-refractivity contribution in [3.05, 3.63) is 17.5 Å². The molecule has 0 aliphatic carbocycles. The number of H-pyrrole nitrogens is 1. The Morgan fingerprint density at radius 2 is 1.50 bits per heavy atom. The van der Waals surface area contributed by atoms with Gasteiger partial charge in [-0.15, -0.1) is 5.10 Å². The molecule has 0 aromatic carbocycles. The summed E-state index contributed by atoms with van der Waals surface area (Å²) in [5.41, 5.74) is -0.283. The van der Waals surface area contributed by atoms with E-state index in [1.165, 1.54) is 12.8 Å². The molecule has 0 bridgehead atoms. The molecule has 1 N–H and O–H groups in total. The zero-order valence-electron chi connectivity index (χ0n) is 13.1. The molecule has 1 unspecified atom stereocenters. The molecule has 0 saturated heterocycles. The number of unbranched alkanes of at least 4 members (excludes halogenated alkanes) is 5. The summed E-state index contributed by atoms with van der Waals surface area (Å²) in [6.45, 7) is 6.28. The van der Waals surface area contributed by atoms with Gasteiger partial charge in [-0.25, -0.2) is 5.10 Å². The average molecular weight is 286 g/mol. The SMILES string of the molecule is CCCCCCC(C)(CCCCC)c1c(F)n[nH]c1F. The summed E-state index contributed by atoms with van der Waals surface area (Å²) in [7, 11) is 0. The van der Waals surface area contributed by atoms with Crippen LogP contribution in [0.2, 0.25) is 0 Å². The number of nitrogens with one attached hydrogen (secondary N) is 1. The fourth-order valence-corrected chi connectivity index (χ4v) is 2.90. The standard InChI is InChI=1S/C16H28F2N2/c1-4-6-8-10-12-16(3,11-9-7-5-2)13-14(17)19-20-15(13)18/h4-12H2,1-3H3,(H,19,20). The Balaban J connectivity index is 2.77. The van der Waals surface area contributed by atoms with Crippen LogP contribution in [0, 0.1) is 11.9 Å². The Hall–Kier alpha value is -0.930. The van der Waals surface area contributed by atoms with Crippen molar-refractivity contribution in [3.63, 3.8) is 0 Å². The Labute approximate surface area is 121 Å². The molecule has 20 heavy (non-hydrogen) atoms. The van der Waals surface area contributed by atoms with E-state index in [4.69, 9.17) is 0 Å². The minimum Gasteiger partial charge on any atom is -0.250 e. The molecule has 0 fully saturated rings. The minimum atomic E-state index is -0.669. The minimum absolute atomic E-state index is 0.158. The Morgan fingerprint density at radius 1 is 0.950 bits per heavy atom. The maximum absolute atomic E-state index is 13.8. The summed E-state index contributed by atoms with van der Waals surface area (Å²) in [5, 5.41) is 5.53. The lowest BCUT2D eigenvalue weighted by molar-refractivity contribution is 0.338. The van der Waals surface area contributed by atoms with Gasteiger partial charge >= 0.3 is 0 Å². The highest BCUT2D eigenvalue weighted by atomic mass is 19.1. The average Bonchev–Trinajstić information content (AvgIpc) is 2.75. The molecule has 0 aliphatic rings. The monoisotopic (exact) mass is 286 g/mol. The van der Waals surface area contributed by atoms with Crippen molar-refractivity contribution in [3.8, 4) is 0 Å². The van der Waals surface area contributed by atoms with E-state index < -0.39 is 17.3 Å². The molecule has 1 atom stereocenters. The Bertz CT molecular complexity index is 370. The highest BCUT2D eigenvalue weighted by Crippen LogP contribution is 2.37. The van der Waals surface area contributed by atoms with Gasteiger partial charge in [0.1, 0.15) is 0 Å². The van der Waals surface area contributed by atoms with Crippen molar-refractivity contribution in [2.75, 3.05) is 0 Å². The molecule has 1 rings (SSSR count). The second kappa shape index (κ2) is 8.38. The molecule has 2 nitrogen and oxygen atoms in total. The van der Waals surface area contributed by atoms with Crippen LogP contribution in [0.4, 0.5) is 8.78 Å². The first-order valence-electron chi connectivity index (χ1n) is 7.95. The number of nitrogens with zero attached hydrogens (tertiary/aromatic N) is 1. The van der Waals surface area contributed by atoms with Crippen LogP contribution in [0.3, 0.4) is 0 Å². The van der Waals surface area contributed by atoms with E-state index in [-0.39, 0.29) is 5.56 Å². The van der Waals surface area contributed by atoms with E-state index in [0.717, 1.165) is 44.9 Å². The second-order valence-electron chi connectivity index (χ2n) is 6.03. The Morgan fingerprint density at radius 3 is 2.00 bits per heavy atom. The van der Waals surface area contributed by atoms with Gasteiger partial charge in [-0.1, -0.05) is 65.7 Å². The molecule has 0 amide bonds. The molecule has 4 heteroatoms. The highest BCUT2D eigenvalue weighted by Gasteiger charge is 2.33. The third-order valence-electron chi connectivity index (χ3n) is 4.20. The summed E-state index contributed by atoms with van der Waals surface area (Å²) >= 11 is 0. The quantitative estimate of drug-likeness (QED) is 0.565. The molecular weight excluding hydrogens is 258 g/mol. The van der Waals surface area contributed by atoms with Gasteiger partial charge in [-0.3, -0.25) is 0 Å². The van der Waals surface area contributed by atoms with Gasteiger partial charge in [0.05, 0.1) is 5.56 Å². The highest BCUT2D eigenvalue weighted by molar-refractivity contribution is 5.21. The van der Waals surface area contributed by atoms with Crippen LogP contribution in [-0.2, 0) is 5.41 Å². The van der Waals surface area contributed by atoms with Crippen LogP contribution in [0.25, 0.3) is 0 Å². The smallest absolute Gasteiger partial charge is 0.239 e. The van der Waals surface area contributed by atoms with Gasteiger partial charge < -0.3 is 0 Å². The van der Waals surface area contributed by atoms with Crippen LogP contribution in [0.15, 0.2) is 0 Å². The maximum Gasteiger partial charge on any atom is 0.239 e. The van der Waals surface area contributed by atoms with E-state index in [1.807, 2.05) is 6.92 Å². The second-order valence-corrected chi connectivity index (χ2v) is 6.03.